The van der Waals surface area contributed by atoms with Crippen LogP contribution in [0, 0.1) is 10.1 Å². The molecule has 11 heteroatoms. The Morgan fingerprint density at radius 2 is 1.83 bits per heavy atom. The molecule has 4 rings (SSSR count). The van der Waals surface area contributed by atoms with Gasteiger partial charge in [-0.05, 0) is 30.2 Å². The number of rotatable bonds is 7. The highest BCUT2D eigenvalue weighted by molar-refractivity contribution is 7.89. The Hall–Kier alpha value is -2.89. The monoisotopic (exact) mass is 435 g/mol. The quantitative estimate of drug-likeness (QED) is 0.518. The zero-order chi connectivity index (χ0) is 21.1. The molecular weight excluding hydrogens is 414 g/mol. The van der Waals surface area contributed by atoms with Crippen molar-refractivity contribution in [3.63, 3.8) is 0 Å². The Labute approximate surface area is 173 Å². The van der Waals surface area contributed by atoms with Crippen LogP contribution in [0.4, 0.5) is 11.4 Å². The van der Waals surface area contributed by atoms with Gasteiger partial charge < -0.3 is 19.5 Å². The number of fused-ring (bicyclic) bond motifs is 1. The van der Waals surface area contributed by atoms with Gasteiger partial charge >= 0.3 is 0 Å². The van der Waals surface area contributed by atoms with Gasteiger partial charge in [0.05, 0.1) is 23.8 Å². The second-order valence-electron chi connectivity index (χ2n) is 6.82. The van der Waals surface area contributed by atoms with E-state index < -0.39 is 14.9 Å². The van der Waals surface area contributed by atoms with Crippen LogP contribution in [0.15, 0.2) is 41.3 Å². The summed E-state index contributed by atoms with van der Waals surface area (Å²) in [5.74, 6) is 1.37. The van der Waals surface area contributed by atoms with E-state index in [9.17, 15) is 18.5 Å². The number of sulfonamides is 1. The van der Waals surface area contributed by atoms with Crippen molar-refractivity contribution in [1.82, 2.24) is 4.31 Å². The minimum Gasteiger partial charge on any atom is -0.454 e. The molecule has 10 nitrogen and oxygen atoms in total. The maximum atomic E-state index is 13.1. The molecule has 2 aromatic carbocycles. The highest BCUT2D eigenvalue weighted by atomic mass is 32.2. The molecule has 1 fully saturated rings. The van der Waals surface area contributed by atoms with Crippen LogP contribution in [0.3, 0.4) is 0 Å². The van der Waals surface area contributed by atoms with Crippen LogP contribution < -0.4 is 14.8 Å². The Balaban J connectivity index is 1.54. The number of nitrogens with one attached hydrogen (secondary N) is 1. The summed E-state index contributed by atoms with van der Waals surface area (Å²) in [7, 11) is -3.90. The molecule has 2 aromatic rings. The van der Waals surface area contributed by atoms with Gasteiger partial charge in [-0.2, -0.15) is 4.31 Å². The van der Waals surface area contributed by atoms with E-state index in [-0.39, 0.29) is 30.5 Å². The average Bonchev–Trinajstić information content (AvgIpc) is 3.22. The van der Waals surface area contributed by atoms with Crippen LogP contribution in [0.5, 0.6) is 11.5 Å². The summed E-state index contributed by atoms with van der Waals surface area (Å²) < 4.78 is 43.4. The average molecular weight is 435 g/mol. The zero-order valence-electron chi connectivity index (χ0n) is 16.1. The molecule has 0 radical (unpaired) electrons. The molecule has 0 unspecified atom stereocenters. The molecular formula is C19H21N3O7S. The van der Waals surface area contributed by atoms with Crippen molar-refractivity contribution in [2.45, 2.75) is 11.3 Å². The number of morpholine rings is 1. The van der Waals surface area contributed by atoms with Crippen molar-refractivity contribution in [2.24, 2.45) is 0 Å². The highest BCUT2D eigenvalue weighted by Crippen LogP contribution is 2.33. The summed E-state index contributed by atoms with van der Waals surface area (Å²) in [6.07, 6.45) is 0.602. The molecule has 0 bridgehead atoms. The van der Waals surface area contributed by atoms with Crippen LogP contribution in [-0.4, -0.2) is 57.3 Å². The van der Waals surface area contributed by atoms with Gasteiger partial charge in [0.2, 0.25) is 16.8 Å². The summed E-state index contributed by atoms with van der Waals surface area (Å²) in [4.78, 5) is 10.5. The summed E-state index contributed by atoms with van der Waals surface area (Å²) in [6, 6.07) is 9.46. The molecule has 0 aliphatic carbocycles. The molecule has 2 aliphatic rings. The second-order valence-corrected chi connectivity index (χ2v) is 8.72. The van der Waals surface area contributed by atoms with E-state index in [1.54, 1.807) is 0 Å². The van der Waals surface area contributed by atoms with E-state index >= 15 is 0 Å². The number of ether oxygens (including phenoxy) is 3. The van der Waals surface area contributed by atoms with E-state index in [4.69, 9.17) is 14.2 Å². The Morgan fingerprint density at radius 3 is 2.60 bits per heavy atom. The summed E-state index contributed by atoms with van der Waals surface area (Å²) in [5.41, 5.74) is 1.04. The minimum absolute atomic E-state index is 0.107. The lowest BCUT2D eigenvalue weighted by molar-refractivity contribution is -0.385. The largest absolute Gasteiger partial charge is 0.454 e. The SMILES string of the molecule is O=[N+]([O-])c1ccc(NCCc2ccc3c(c2)OCO3)c(S(=O)(=O)N2CCOCC2)c1. The number of nitro benzene ring substituents is 1. The van der Waals surface area contributed by atoms with E-state index in [0.717, 1.165) is 11.6 Å². The molecule has 0 aromatic heterocycles. The lowest BCUT2D eigenvalue weighted by Gasteiger charge is -2.27. The summed E-state index contributed by atoms with van der Waals surface area (Å²) in [6.45, 7) is 1.64. The van der Waals surface area contributed by atoms with Crippen molar-refractivity contribution in [3.05, 3.63) is 52.1 Å². The third-order valence-corrected chi connectivity index (χ3v) is 6.87. The highest BCUT2D eigenvalue weighted by Gasteiger charge is 2.30. The first-order chi connectivity index (χ1) is 14.4. The molecule has 0 atom stereocenters. The van der Waals surface area contributed by atoms with Gasteiger partial charge in [0.15, 0.2) is 11.5 Å². The number of nitrogens with zero attached hydrogens (tertiary/aromatic N) is 2. The van der Waals surface area contributed by atoms with Crippen LogP contribution in [-0.2, 0) is 21.2 Å². The van der Waals surface area contributed by atoms with Gasteiger partial charge in [0.1, 0.15) is 4.90 Å². The van der Waals surface area contributed by atoms with Crippen LogP contribution in [0.1, 0.15) is 5.56 Å². The van der Waals surface area contributed by atoms with Gasteiger partial charge in [-0.1, -0.05) is 6.07 Å². The smallest absolute Gasteiger partial charge is 0.270 e. The molecule has 0 spiro atoms. The first-order valence-electron chi connectivity index (χ1n) is 9.44. The maximum absolute atomic E-state index is 13.1. The lowest BCUT2D eigenvalue weighted by Crippen LogP contribution is -2.40. The number of hydrogen-bond donors (Lipinski definition) is 1. The molecule has 2 heterocycles. The Bertz CT molecular complexity index is 1050. The molecule has 1 N–H and O–H groups in total. The molecule has 1 saturated heterocycles. The number of anilines is 1. The lowest BCUT2D eigenvalue weighted by atomic mass is 10.1. The molecule has 160 valence electrons. The third-order valence-electron chi connectivity index (χ3n) is 4.93. The Kier molecular flexibility index (Phi) is 5.75. The standard InChI is InChI=1S/C19H21N3O7S/c23-22(24)15-2-3-16(19(12-15)30(25,26)21-7-9-27-10-8-21)20-6-5-14-1-4-17-18(11-14)29-13-28-17/h1-4,11-12,20H,5-10,13H2. The van der Waals surface area contributed by atoms with E-state index in [1.807, 2.05) is 18.2 Å². The van der Waals surface area contributed by atoms with Gasteiger partial charge in [-0.3, -0.25) is 10.1 Å². The van der Waals surface area contributed by atoms with Crippen LogP contribution in [0.2, 0.25) is 0 Å². The normalized spacial score (nSPS) is 16.4. The Morgan fingerprint density at radius 1 is 1.07 bits per heavy atom. The van der Waals surface area contributed by atoms with Crippen molar-refractivity contribution < 1.29 is 27.6 Å². The third kappa shape index (κ3) is 4.18. The van der Waals surface area contributed by atoms with Gasteiger partial charge in [0, 0.05) is 31.8 Å². The van der Waals surface area contributed by atoms with E-state index in [1.165, 1.54) is 16.4 Å². The number of nitro groups is 1. The number of benzene rings is 2. The fourth-order valence-electron chi connectivity index (χ4n) is 3.35. The van der Waals surface area contributed by atoms with Gasteiger partial charge in [-0.25, -0.2) is 8.42 Å². The van der Waals surface area contributed by atoms with E-state index in [2.05, 4.69) is 5.32 Å². The molecule has 0 saturated carbocycles. The summed E-state index contributed by atoms with van der Waals surface area (Å²) >= 11 is 0. The van der Waals surface area contributed by atoms with Crippen molar-refractivity contribution in [2.75, 3.05) is 45.0 Å². The van der Waals surface area contributed by atoms with E-state index in [0.29, 0.717) is 43.4 Å². The molecule has 30 heavy (non-hydrogen) atoms. The first-order valence-corrected chi connectivity index (χ1v) is 10.9. The molecule has 0 amide bonds. The fraction of sp³-hybridized carbons (Fsp3) is 0.368. The maximum Gasteiger partial charge on any atom is 0.270 e. The number of non-ortho nitro benzene ring substituents is 1. The number of hydrogen-bond acceptors (Lipinski definition) is 8. The molecule has 2 aliphatic heterocycles. The predicted octanol–water partition coefficient (Wildman–Crippen LogP) is 2.00. The zero-order valence-corrected chi connectivity index (χ0v) is 16.9. The predicted molar refractivity (Wildman–Crippen MR) is 107 cm³/mol. The fourth-order valence-corrected chi connectivity index (χ4v) is 4.94. The summed E-state index contributed by atoms with van der Waals surface area (Å²) in [5, 5.41) is 14.3. The van der Waals surface area contributed by atoms with Crippen molar-refractivity contribution in [1.29, 1.82) is 0 Å². The minimum atomic E-state index is -3.90. The van der Waals surface area contributed by atoms with Gasteiger partial charge in [0.25, 0.3) is 5.69 Å². The topological polar surface area (TPSA) is 120 Å². The first kappa shape index (κ1) is 20.4. The van der Waals surface area contributed by atoms with Gasteiger partial charge in [-0.15, -0.1) is 0 Å². The van der Waals surface area contributed by atoms with Crippen molar-refractivity contribution in [3.8, 4) is 11.5 Å². The second kappa shape index (κ2) is 8.46. The van der Waals surface area contributed by atoms with Crippen molar-refractivity contribution >= 4 is 21.4 Å². The van der Waals surface area contributed by atoms with Crippen LogP contribution >= 0.6 is 0 Å². The van der Waals surface area contributed by atoms with Crippen LogP contribution in [0.25, 0.3) is 0 Å².